The van der Waals surface area contributed by atoms with E-state index in [1.807, 2.05) is 26.2 Å². The van der Waals surface area contributed by atoms with Crippen molar-refractivity contribution in [2.24, 2.45) is 0 Å². The molecular formula is C14H13N. The Balaban J connectivity index is 2.61. The largest absolute Gasteiger partial charge is 0.378 e. The Morgan fingerprint density at radius 1 is 1.00 bits per heavy atom. The molecule has 0 saturated carbocycles. The fourth-order valence-corrected chi connectivity index (χ4v) is 1.60. The van der Waals surface area contributed by atoms with Crippen molar-refractivity contribution in [1.82, 2.24) is 0 Å². The summed E-state index contributed by atoms with van der Waals surface area (Å²) in [5.74, 6) is 2.65. The van der Waals surface area contributed by atoms with Gasteiger partial charge in [0.25, 0.3) is 0 Å². The van der Waals surface area contributed by atoms with Crippen LogP contribution in [0.3, 0.4) is 0 Å². The minimum absolute atomic E-state index is 0.931. The number of anilines is 1. The van der Waals surface area contributed by atoms with Crippen molar-refractivity contribution in [1.29, 1.82) is 0 Å². The fourth-order valence-electron chi connectivity index (χ4n) is 1.60. The van der Waals surface area contributed by atoms with Gasteiger partial charge in [0, 0.05) is 25.3 Å². The summed E-state index contributed by atoms with van der Waals surface area (Å²) >= 11 is 0. The SMILES string of the molecule is C#Cc1ccc2cc(N(C)C)ccc2c1. The van der Waals surface area contributed by atoms with E-state index < -0.39 is 0 Å². The third-order valence-corrected chi connectivity index (χ3v) is 2.51. The van der Waals surface area contributed by atoms with E-state index in [1.165, 1.54) is 16.5 Å². The molecule has 15 heavy (non-hydrogen) atoms. The average Bonchev–Trinajstić information content (AvgIpc) is 2.27. The van der Waals surface area contributed by atoms with Gasteiger partial charge in [0.05, 0.1) is 0 Å². The quantitative estimate of drug-likeness (QED) is 0.632. The molecule has 0 amide bonds. The molecule has 1 heteroatoms. The van der Waals surface area contributed by atoms with Crippen molar-refractivity contribution in [3.05, 3.63) is 42.0 Å². The lowest BCUT2D eigenvalue weighted by Gasteiger charge is -2.12. The smallest absolute Gasteiger partial charge is 0.0367 e. The van der Waals surface area contributed by atoms with Crippen molar-refractivity contribution in [3.63, 3.8) is 0 Å². The Kier molecular flexibility index (Phi) is 2.35. The molecule has 0 spiro atoms. The van der Waals surface area contributed by atoms with Crippen molar-refractivity contribution >= 4 is 16.5 Å². The van der Waals surface area contributed by atoms with E-state index in [9.17, 15) is 0 Å². The van der Waals surface area contributed by atoms with Gasteiger partial charge in [-0.1, -0.05) is 18.1 Å². The normalized spacial score (nSPS) is 9.93. The van der Waals surface area contributed by atoms with Crippen LogP contribution in [0.4, 0.5) is 5.69 Å². The van der Waals surface area contributed by atoms with Gasteiger partial charge in [-0.2, -0.15) is 0 Å². The topological polar surface area (TPSA) is 3.24 Å². The van der Waals surface area contributed by atoms with Gasteiger partial charge in [-0.15, -0.1) is 6.42 Å². The van der Waals surface area contributed by atoms with Gasteiger partial charge in [0.2, 0.25) is 0 Å². The Labute approximate surface area is 90.3 Å². The molecule has 0 bridgehead atoms. The van der Waals surface area contributed by atoms with Crippen LogP contribution in [-0.2, 0) is 0 Å². The summed E-state index contributed by atoms with van der Waals surface area (Å²) in [6.07, 6.45) is 5.36. The van der Waals surface area contributed by atoms with E-state index in [2.05, 4.69) is 35.1 Å². The molecule has 0 heterocycles. The highest BCUT2D eigenvalue weighted by atomic mass is 15.1. The number of nitrogens with zero attached hydrogens (tertiary/aromatic N) is 1. The molecular weight excluding hydrogens is 182 g/mol. The number of terminal acetylenes is 1. The van der Waals surface area contributed by atoms with Crippen LogP contribution in [0.15, 0.2) is 36.4 Å². The molecule has 1 nitrogen and oxygen atoms in total. The van der Waals surface area contributed by atoms with E-state index in [-0.39, 0.29) is 0 Å². The summed E-state index contributed by atoms with van der Waals surface area (Å²) in [7, 11) is 4.08. The molecule has 0 radical (unpaired) electrons. The average molecular weight is 195 g/mol. The van der Waals surface area contributed by atoms with Gasteiger partial charge >= 0.3 is 0 Å². The maximum Gasteiger partial charge on any atom is 0.0367 e. The first-order valence-corrected chi connectivity index (χ1v) is 4.88. The maximum absolute atomic E-state index is 5.36. The third kappa shape index (κ3) is 1.80. The summed E-state index contributed by atoms with van der Waals surface area (Å²) < 4.78 is 0. The van der Waals surface area contributed by atoms with Crippen molar-refractivity contribution in [2.45, 2.75) is 0 Å². The predicted molar refractivity (Wildman–Crippen MR) is 66.2 cm³/mol. The molecule has 0 aliphatic heterocycles. The van der Waals surface area contributed by atoms with E-state index in [1.54, 1.807) is 0 Å². The number of fused-ring (bicyclic) bond motifs is 1. The minimum atomic E-state index is 0.931. The first-order valence-electron chi connectivity index (χ1n) is 4.88. The molecule has 0 aromatic heterocycles. The molecule has 2 aromatic carbocycles. The third-order valence-electron chi connectivity index (χ3n) is 2.51. The highest BCUT2D eigenvalue weighted by Gasteiger charge is 1.98. The monoisotopic (exact) mass is 195 g/mol. The highest BCUT2D eigenvalue weighted by Crippen LogP contribution is 2.21. The van der Waals surface area contributed by atoms with Gasteiger partial charge in [0.1, 0.15) is 0 Å². The fraction of sp³-hybridized carbons (Fsp3) is 0.143. The van der Waals surface area contributed by atoms with Crippen molar-refractivity contribution in [3.8, 4) is 12.3 Å². The van der Waals surface area contributed by atoms with Crippen LogP contribution in [0.5, 0.6) is 0 Å². The van der Waals surface area contributed by atoms with E-state index in [4.69, 9.17) is 6.42 Å². The molecule has 0 saturated heterocycles. The summed E-state index contributed by atoms with van der Waals surface area (Å²) in [5.41, 5.74) is 2.14. The highest BCUT2D eigenvalue weighted by molar-refractivity contribution is 5.87. The zero-order valence-corrected chi connectivity index (χ0v) is 8.99. The lowest BCUT2D eigenvalue weighted by Crippen LogP contribution is -2.07. The van der Waals surface area contributed by atoms with E-state index in [0.717, 1.165) is 5.56 Å². The van der Waals surface area contributed by atoms with E-state index in [0.29, 0.717) is 0 Å². The van der Waals surface area contributed by atoms with Crippen molar-refractivity contribution < 1.29 is 0 Å². The standard InChI is InChI=1S/C14H13N/c1-4-11-5-6-13-10-14(15(2)3)8-7-12(13)9-11/h1,5-10H,2-3H3. The summed E-state index contributed by atoms with van der Waals surface area (Å²) in [6.45, 7) is 0. The molecule has 0 atom stereocenters. The lowest BCUT2D eigenvalue weighted by atomic mass is 10.1. The molecule has 0 aliphatic rings. The second-order valence-corrected chi connectivity index (χ2v) is 3.78. The molecule has 0 unspecified atom stereocenters. The second kappa shape index (κ2) is 3.67. The Morgan fingerprint density at radius 2 is 1.67 bits per heavy atom. The predicted octanol–water partition coefficient (Wildman–Crippen LogP) is 2.89. The number of hydrogen-bond donors (Lipinski definition) is 0. The number of hydrogen-bond acceptors (Lipinski definition) is 1. The van der Waals surface area contributed by atoms with Gasteiger partial charge < -0.3 is 4.90 Å². The summed E-state index contributed by atoms with van der Waals surface area (Å²) in [4.78, 5) is 2.09. The van der Waals surface area contributed by atoms with Gasteiger partial charge in [-0.05, 0) is 35.0 Å². The second-order valence-electron chi connectivity index (χ2n) is 3.78. The Morgan fingerprint density at radius 3 is 2.33 bits per heavy atom. The molecule has 2 rings (SSSR count). The van der Waals surface area contributed by atoms with Crippen LogP contribution in [0.1, 0.15) is 5.56 Å². The molecule has 0 N–H and O–H groups in total. The minimum Gasteiger partial charge on any atom is -0.378 e. The van der Waals surface area contributed by atoms with E-state index >= 15 is 0 Å². The first-order chi connectivity index (χ1) is 7.20. The van der Waals surface area contributed by atoms with Gasteiger partial charge in [-0.3, -0.25) is 0 Å². The number of rotatable bonds is 1. The van der Waals surface area contributed by atoms with Crippen LogP contribution in [-0.4, -0.2) is 14.1 Å². The van der Waals surface area contributed by atoms with Gasteiger partial charge in [-0.25, -0.2) is 0 Å². The van der Waals surface area contributed by atoms with Crippen LogP contribution in [0.2, 0.25) is 0 Å². The molecule has 2 aromatic rings. The maximum atomic E-state index is 5.36. The van der Waals surface area contributed by atoms with Crippen LogP contribution < -0.4 is 4.90 Å². The van der Waals surface area contributed by atoms with Crippen LogP contribution in [0.25, 0.3) is 10.8 Å². The lowest BCUT2D eigenvalue weighted by molar-refractivity contribution is 1.14. The van der Waals surface area contributed by atoms with Crippen molar-refractivity contribution in [2.75, 3.05) is 19.0 Å². The zero-order chi connectivity index (χ0) is 10.8. The number of benzene rings is 2. The Hall–Kier alpha value is -1.94. The molecule has 74 valence electrons. The molecule has 0 fully saturated rings. The zero-order valence-electron chi connectivity index (χ0n) is 8.99. The Bertz CT molecular complexity index is 533. The first kappa shape index (κ1) is 9.61. The van der Waals surface area contributed by atoms with Gasteiger partial charge in [0.15, 0.2) is 0 Å². The van der Waals surface area contributed by atoms with Crippen LogP contribution >= 0.6 is 0 Å². The summed E-state index contributed by atoms with van der Waals surface area (Å²) in [6, 6.07) is 12.4. The summed E-state index contributed by atoms with van der Waals surface area (Å²) in [5, 5.41) is 2.41. The van der Waals surface area contributed by atoms with Crippen LogP contribution in [0, 0.1) is 12.3 Å². The molecule has 0 aliphatic carbocycles.